The van der Waals surface area contributed by atoms with E-state index >= 15 is 0 Å². The molecule has 190 valence electrons. The van der Waals surface area contributed by atoms with Crippen molar-refractivity contribution in [1.82, 2.24) is 14.5 Å². The smallest absolute Gasteiger partial charge is 0.252 e. The van der Waals surface area contributed by atoms with Gasteiger partial charge in [-0.05, 0) is 43.3 Å². The second kappa shape index (κ2) is 10.9. The van der Waals surface area contributed by atoms with Gasteiger partial charge in [0.25, 0.3) is 5.56 Å². The van der Waals surface area contributed by atoms with E-state index in [1.807, 2.05) is 0 Å². The Kier molecular flexibility index (Phi) is 7.63. The van der Waals surface area contributed by atoms with Gasteiger partial charge in [-0.3, -0.25) is 29.1 Å². The fourth-order valence-electron chi connectivity index (χ4n) is 3.77. The highest BCUT2D eigenvalue weighted by molar-refractivity contribution is 6.31. The summed E-state index contributed by atoms with van der Waals surface area (Å²) >= 11 is 12.0. The fraction of sp³-hybridized carbons (Fsp3) is 0.120. The number of pyridine rings is 1. The number of carbonyl (C=O) groups excluding carboxylic acids is 1. The predicted octanol–water partition coefficient (Wildman–Crippen LogP) is 4.00. The minimum atomic E-state index is -0.864. The Morgan fingerprint density at radius 2 is 1.86 bits per heavy atom. The number of benzene rings is 2. The molecule has 4 aromatic rings. The maximum atomic E-state index is 13.2. The van der Waals surface area contributed by atoms with E-state index in [0.717, 1.165) is 0 Å². The highest BCUT2D eigenvalue weighted by atomic mass is 35.5. The van der Waals surface area contributed by atoms with Gasteiger partial charge in [-0.1, -0.05) is 23.2 Å². The normalized spacial score (nSPS) is 12.3. The Balaban J connectivity index is 1.69. The number of hydrazine groups is 1. The van der Waals surface area contributed by atoms with Crippen molar-refractivity contribution in [3.8, 4) is 16.9 Å². The van der Waals surface area contributed by atoms with Gasteiger partial charge in [0.15, 0.2) is 0 Å². The van der Waals surface area contributed by atoms with Crippen molar-refractivity contribution >= 4 is 51.5 Å². The van der Waals surface area contributed by atoms with Crippen LogP contribution in [0.15, 0.2) is 77.2 Å². The number of nitrogens with one attached hydrogen (secondary N) is 1. The molecule has 5 N–H and O–H groups in total. The van der Waals surface area contributed by atoms with Gasteiger partial charge in [-0.2, -0.15) is 0 Å². The number of aromatic nitrogens is 3. The second-order valence-corrected chi connectivity index (χ2v) is 8.88. The van der Waals surface area contributed by atoms with Crippen molar-refractivity contribution in [2.45, 2.75) is 13.0 Å². The summed E-state index contributed by atoms with van der Waals surface area (Å²) in [7, 11) is 1.45. The number of hydrogen-bond acceptors (Lipinski definition) is 8. The van der Waals surface area contributed by atoms with E-state index in [1.165, 1.54) is 35.1 Å². The summed E-state index contributed by atoms with van der Waals surface area (Å²) in [5.41, 5.74) is 8.35. The lowest BCUT2D eigenvalue weighted by atomic mass is 10.0. The minimum Gasteiger partial charge on any atom is -0.495 e. The van der Waals surface area contributed by atoms with Crippen LogP contribution >= 0.6 is 23.2 Å². The number of nitrogens with two attached hydrogens (primary N) is 2. The largest absolute Gasteiger partial charge is 0.495 e. The number of nitrogens with zero attached hydrogens (tertiary/aromatic N) is 4. The molecule has 0 aliphatic carbocycles. The molecule has 0 aliphatic heterocycles. The molecule has 0 fully saturated rings. The number of methoxy groups -OCH3 is 1. The van der Waals surface area contributed by atoms with Crippen molar-refractivity contribution in [3.63, 3.8) is 0 Å². The van der Waals surface area contributed by atoms with Crippen LogP contribution in [0.2, 0.25) is 5.02 Å². The third kappa shape index (κ3) is 5.67. The van der Waals surface area contributed by atoms with Gasteiger partial charge in [0.1, 0.15) is 16.9 Å². The van der Waals surface area contributed by atoms with Crippen LogP contribution in [0.4, 0.5) is 11.4 Å². The van der Waals surface area contributed by atoms with Crippen molar-refractivity contribution in [3.05, 3.63) is 87.8 Å². The maximum absolute atomic E-state index is 13.2. The van der Waals surface area contributed by atoms with Gasteiger partial charge < -0.3 is 15.8 Å². The monoisotopic (exact) mass is 539 g/mol. The van der Waals surface area contributed by atoms with E-state index in [4.69, 9.17) is 39.5 Å². The summed E-state index contributed by atoms with van der Waals surface area (Å²) in [4.78, 5) is 34.7. The maximum Gasteiger partial charge on any atom is 0.252 e. The molecule has 0 bridgehead atoms. The SMILES string of the molecule is COc1cn(C(C)C(=O)Nc2ccc3nccnc3c2)c(=O)cc1-c1cc(Cl)ccc1N(N)/C=C(\N)Cl. The second-order valence-electron chi connectivity index (χ2n) is 8.01. The van der Waals surface area contributed by atoms with Crippen LogP contribution in [0.5, 0.6) is 5.75 Å². The first-order valence-corrected chi connectivity index (χ1v) is 11.7. The summed E-state index contributed by atoms with van der Waals surface area (Å²) in [5, 5.41) is 4.40. The minimum absolute atomic E-state index is 0.0379. The van der Waals surface area contributed by atoms with Crippen LogP contribution in [0, 0.1) is 0 Å². The molecule has 1 atom stereocenters. The Morgan fingerprint density at radius 1 is 1.14 bits per heavy atom. The highest BCUT2D eigenvalue weighted by Gasteiger charge is 2.21. The first kappa shape index (κ1) is 26.0. The Bertz CT molecular complexity index is 1570. The van der Waals surface area contributed by atoms with Crippen LogP contribution in [0.3, 0.4) is 0 Å². The number of ether oxygens (including phenoxy) is 1. The van der Waals surface area contributed by atoms with Crippen molar-refractivity contribution in [1.29, 1.82) is 0 Å². The van der Waals surface area contributed by atoms with Crippen molar-refractivity contribution < 1.29 is 9.53 Å². The molecule has 0 saturated heterocycles. The molecule has 37 heavy (non-hydrogen) atoms. The zero-order valence-electron chi connectivity index (χ0n) is 19.9. The Morgan fingerprint density at radius 3 is 2.57 bits per heavy atom. The van der Waals surface area contributed by atoms with Gasteiger partial charge in [0.2, 0.25) is 5.91 Å². The summed E-state index contributed by atoms with van der Waals surface area (Å²) in [6, 6.07) is 10.6. The molecule has 0 aliphatic rings. The van der Waals surface area contributed by atoms with Gasteiger partial charge in [-0.25, -0.2) is 5.84 Å². The number of rotatable bonds is 7. The molecule has 0 radical (unpaired) electrons. The van der Waals surface area contributed by atoms with E-state index < -0.39 is 17.5 Å². The molecule has 10 nitrogen and oxygen atoms in total. The first-order valence-electron chi connectivity index (χ1n) is 11.0. The zero-order valence-corrected chi connectivity index (χ0v) is 21.4. The molecule has 1 amide bonds. The molecule has 4 rings (SSSR count). The first-order chi connectivity index (χ1) is 17.7. The third-order valence-electron chi connectivity index (χ3n) is 5.59. The van der Waals surface area contributed by atoms with Gasteiger partial charge in [0, 0.05) is 40.3 Å². The van der Waals surface area contributed by atoms with E-state index in [2.05, 4.69) is 15.3 Å². The van der Waals surface area contributed by atoms with Crippen LogP contribution in [0.1, 0.15) is 13.0 Å². The standard InChI is InChI=1S/C25H23Cl2N7O3/c1-14(25(36)32-16-4-5-19-20(10-16)31-8-7-30-19)33-12-22(37-2)18(11-24(33)35)17-9-15(26)3-6-21(17)34(29)13-23(27)28/h3-14H,28-29H2,1-2H3,(H,32,36)/b23-13-. The van der Waals surface area contributed by atoms with Gasteiger partial charge >= 0.3 is 0 Å². The average Bonchev–Trinajstić information content (AvgIpc) is 2.87. The summed E-state index contributed by atoms with van der Waals surface area (Å²) < 4.78 is 6.85. The van der Waals surface area contributed by atoms with E-state index in [-0.39, 0.29) is 5.16 Å². The highest BCUT2D eigenvalue weighted by Crippen LogP contribution is 2.37. The van der Waals surface area contributed by atoms with Crippen LogP contribution in [0.25, 0.3) is 22.2 Å². The van der Waals surface area contributed by atoms with E-state index in [9.17, 15) is 9.59 Å². The number of amides is 1. The van der Waals surface area contributed by atoms with Crippen molar-refractivity contribution in [2.24, 2.45) is 11.6 Å². The molecular formula is C25H23Cl2N7O3. The molecule has 0 saturated carbocycles. The zero-order chi connectivity index (χ0) is 26.7. The lowest BCUT2D eigenvalue weighted by Crippen LogP contribution is -2.31. The topological polar surface area (TPSA) is 141 Å². The number of fused-ring (bicyclic) bond motifs is 1. The van der Waals surface area contributed by atoms with E-state index in [0.29, 0.717) is 44.3 Å². The van der Waals surface area contributed by atoms with Crippen LogP contribution in [-0.4, -0.2) is 27.6 Å². The Labute approximate surface area is 222 Å². The molecule has 1 unspecified atom stereocenters. The number of carbonyl (C=O) groups is 1. The quantitative estimate of drug-likeness (QED) is 0.182. The van der Waals surface area contributed by atoms with Crippen molar-refractivity contribution in [2.75, 3.05) is 17.4 Å². The molecular weight excluding hydrogens is 517 g/mol. The number of anilines is 2. The molecule has 12 heteroatoms. The molecule has 2 aromatic heterocycles. The summed E-state index contributed by atoms with van der Waals surface area (Å²) in [5.74, 6) is 6.02. The summed E-state index contributed by atoms with van der Waals surface area (Å²) in [6.45, 7) is 1.61. The number of hydrogen-bond donors (Lipinski definition) is 3. The lowest BCUT2D eigenvalue weighted by molar-refractivity contribution is -0.118. The molecule has 2 heterocycles. The van der Waals surface area contributed by atoms with Crippen LogP contribution in [-0.2, 0) is 4.79 Å². The lowest BCUT2D eigenvalue weighted by Gasteiger charge is -2.21. The Hall–Kier alpha value is -4.12. The predicted molar refractivity (Wildman–Crippen MR) is 145 cm³/mol. The third-order valence-corrected chi connectivity index (χ3v) is 5.92. The van der Waals surface area contributed by atoms with Gasteiger partial charge in [-0.15, -0.1) is 0 Å². The van der Waals surface area contributed by atoms with E-state index in [1.54, 1.807) is 55.7 Å². The molecule has 0 spiro atoms. The van der Waals surface area contributed by atoms with Crippen LogP contribution < -0.4 is 32.2 Å². The fourth-order valence-corrected chi connectivity index (χ4v) is 4.05. The molecule has 2 aromatic carbocycles. The number of halogens is 2. The summed E-state index contributed by atoms with van der Waals surface area (Å²) in [6.07, 6.45) is 5.94. The average molecular weight is 540 g/mol. The van der Waals surface area contributed by atoms with Gasteiger partial charge in [0.05, 0.1) is 36.2 Å².